The van der Waals surface area contributed by atoms with Crippen LogP contribution in [0.2, 0.25) is 0 Å². The van der Waals surface area contributed by atoms with Crippen molar-refractivity contribution in [2.24, 2.45) is 5.92 Å². The quantitative estimate of drug-likeness (QED) is 0.600. The molecular weight excluding hydrogens is 132 g/mol. The molecule has 1 N–H and O–H groups in total. The first-order valence-corrected chi connectivity index (χ1v) is 3.26. The molecule has 0 bridgehead atoms. The molecule has 0 aliphatic rings. The molecule has 0 aromatic rings. The molecule has 0 atom stereocenters. The van der Waals surface area contributed by atoms with Gasteiger partial charge in [-0.25, -0.2) is 0 Å². The minimum absolute atomic E-state index is 0.192. The molecule has 3 nitrogen and oxygen atoms in total. The zero-order valence-electron chi connectivity index (χ0n) is 6.26. The topological polar surface area (TPSA) is 54.4 Å². The lowest BCUT2D eigenvalue weighted by molar-refractivity contribution is -0.140. The maximum atomic E-state index is 10.7. The van der Waals surface area contributed by atoms with E-state index in [-0.39, 0.29) is 18.1 Å². The predicted molar refractivity (Wildman–Crippen MR) is 36.7 cm³/mol. The molecule has 0 radical (unpaired) electrons. The largest absolute Gasteiger partial charge is 0.481 e. The van der Waals surface area contributed by atoms with E-state index in [0.717, 1.165) is 0 Å². The van der Waals surface area contributed by atoms with Crippen LogP contribution in [0.3, 0.4) is 0 Å². The van der Waals surface area contributed by atoms with Gasteiger partial charge < -0.3 is 5.11 Å². The lowest BCUT2D eigenvalue weighted by Crippen LogP contribution is -2.08. The Bertz CT molecular complexity index is 138. The summed E-state index contributed by atoms with van der Waals surface area (Å²) in [6.07, 6.45) is 0.0322. The fourth-order valence-corrected chi connectivity index (χ4v) is 0.696. The van der Waals surface area contributed by atoms with Crippen molar-refractivity contribution >= 4 is 11.8 Å². The second kappa shape index (κ2) is 4.04. The highest BCUT2D eigenvalue weighted by Crippen LogP contribution is 2.01. The van der Waals surface area contributed by atoms with Crippen molar-refractivity contribution in [2.75, 3.05) is 0 Å². The Hall–Kier alpha value is -0.860. The lowest BCUT2D eigenvalue weighted by Gasteiger charge is -1.99. The standard InChI is InChI=1S/C7H12O3/c1-5(2)3-6(8)4-7(9)10/h5H,3-4H2,1-2H3,(H,9,10). The van der Waals surface area contributed by atoms with Crippen molar-refractivity contribution in [3.63, 3.8) is 0 Å². The third kappa shape index (κ3) is 5.28. The van der Waals surface area contributed by atoms with E-state index in [1.807, 2.05) is 13.8 Å². The number of ketones is 1. The smallest absolute Gasteiger partial charge is 0.310 e. The summed E-state index contributed by atoms with van der Waals surface area (Å²) < 4.78 is 0. The minimum atomic E-state index is -1.04. The maximum absolute atomic E-state index is 10.7. The van der Waals surface area contributed by atoms with Gasteiger partial charge in [-0.3, -0.25) is 9.59 Å². The van der Waals surface area contributed by atoms with Crippen LogP contribution in [0.1, 0.15) is 26.7 Å². The van der Waals surface area contributed by atoms with Crippen LogP contribution in [0.5, 0.6) is 0 Å². The molecule has 58 valence electrons. The second-order valence-corrected chi connectivity index (χ2v) is 2.71. The molecule has 10 heavy (non-hydrogen) atoms. The van der Waals surface area contributed by atoms with Gasteiger partial charge in [0.25, 0.3) is 0 Å². The van der Waals surface area contributed by atoms with Crippen molar-refractivity contribution in [3.05, 3.63) is 0 Å². The van der Waals surface area contributed by atoms with E-state index < -0.39 is 5.97 Å². The van der Waals surface area contributed by atoms with Crippen molar-refractivity contribution in [3.8, 4) is 0 Å². The number of carboxylic acid groups (broad SMARTS) is 1. The van der Waals surface area contributed by atoms with E-state index in [0.29, 0.717) is 6.42 Å². The number of carbonyl (C=O) groups is 2. The predicted octanol–water partition coefficient (Wildman–Crippen LogP) is 1.08. The van der Waals surface area contributed by atoms with Crippen molar-refractivity contribution in [2.45, 2.75) is 26.7 Å². The first-order chi connectivity index (χ1) is 4.52. The van der Waals surface area contributed by atoms with E-state index in [4.69, 9.17) is 5.11 Å². The Morgan fingerprint density at radius 3 is 2.20 bits per heavy atom. The summed E-state index contributed by atoms with van der Waals surface area (Å²) in [5, 5.41) is 8.18. The summed E-state index contributed by atoms with van der Waals surface area (Å²) in [6.45, 7) is 3.78. The van der Waals surface area contributed by atoms with Crippen molar-refractivity contribution < 1.29 is 14.7 Å². The maximum Gasteiger partial charge on any atom is 0.310 e. The number of hydrogen-bond acceptors (Lipinski definition) is 2. The van der Waals surface area contributed by atoms with Gasteiger partial charge in [-0.2, -0.15) is 0 Å². The third-order valence-electron chi connectivity index (χ3n) is 0.984. The van der Waals surface area contributed by atoms with E-state index in [1.165, 1.54) is 0 Å². The molecule has 0 aromatic heterocycles. The highest BCUT2D eigenvalue weighted by Gasteiger charge is 2.08. The highest BCUT2D eigenvalue weighted by molar-refractivity contribution is 5.94. The summed E-state index contributed by atoms with van der Waals surface area (Å²) in [7, 11) is 0. The molecular formula is C7H12O3. The number of Topliss-reactive ketones (excluding diaryl/α,β-unsaturated/α-hetero) is 1. The summed E-state index contributed by atoms with van der Waals surface area (Å²) in [5.74, 6) is -0.972. The molecule has 0 amide bonds. The molecule has 3 heteroatoms. The lowest BCUT2D eigenvalue weighted by atomic mass is 10.1. The van der Waals surface area contributed by atoms with Gasteiger partial charge in [-0.05, 0) is 5.92 Å². The Kier molecular flexibility index (Phi) is 3.69. The van der Waals surface area contributed by atoms with E-state index in [1.54, 1.807) is 0 Å². The van der Waals surface area contributed by atoms with Gasteiger partial charge in [-0.15, -0.1) is 0 Å². The van der Waals surface area contributed by atoms with E-state index in [2.05, 4.69) is 0 Å². The number of aliphatic carboxylic acids is 1. The molecule has 0 aromatic carbocycles. The normalized spacial score (nSPS) is 9.90. The van der Waals surface area contributed by atoms with Crippen LogP contribution in [0, 0.1) is 5.92 Å². The molecule has 0 unspecified atom stereocenters. The van der Waals surface area contributed by atoms with Crippen molar-refractivity contribution in [1.29, 1.82) is 0 Å². The van der Waals surface area contributed by atoms with E-state index >= 15 is 0 Å². The van der Waals surface area contributed by atoms with Crippen LogP contribution in [0.4, 0.5) is 0 Å². The van der Waals surface area contributed by atoms with Crippen LogP contribution < -0.4 is 0 Å². The zero-order chi connectivity index (χ0) is 8.15. The summed E-state index contributed by atoms with van der Waals surface area (Å²) in [5.41, 5.74) is 0. The highest BCUT2D eigenvalue weighted by atomic mass is 16.4. The number of carbonyl (C=O) groups excluding carboxylic acids is 1. The Balaban J connectivity index is 3.54. The first-order valence-electron chi connectivity index (χ1n) is 3.26. The van der Waals surface area contributed by atoms with Gasteiger partial charge in [0.1, 0.15) is 12.2 Å². The van der Waals surface area contributed by atoms with Gasteiger partial charge in [0.15, 0.2) is 0 Å². The first kappa shape index (κ1) is 9.14. The number of carboxylic acids is 1. The number of rotatable bonds is 4. The summed E-state index contributed by atoms with van der Waals surface area (Å²) in [4.78, 5) is 20.7. The molecule has 0 heterocycles. The van der Waals surface area contributed by atoms with Gasteiger partial charge in [-0.1, -0.05) is 13.8 Å². The van der Waals surface area contributed by atoms with Crippen LogP contribution in [-0.4, -0.2) is 16.9 Å². The summed E-state index contributed by atoms with van der Waals surface area (Å²) in [6, 6.07) is 0. The molecule has 0 saturated carbocycles. The molecule has 0 saturated heterocycles. The minimum Gasteiger partial charge on any atom is -0.481 e. The van der Waals surface area contributed by atoms with Crippen molar-refractivity contribution in [1.82, 2.24) is 0 Å². The monoisotopic (exact) mass is 144 g/mol. The fraction of sp³-hybridized carbons (Fsp3) is 0.714. The SMILES string of the molecule is CC(C)CC(=O)CC(=O)O. The van der Waals surface area contributed by atoms with Gasteiger partial charge in [0, 0.05) is 6.42 Å². The van der Waals surface area contributed by atoms with Crippen LogP contribution in [-0.2, 0) is 9.59 Å². The van der Waals surface area contributed by atoms with Crippen LogP contribution >= 0.6 is 0 Å². The van der Waals surface area contributed by atoms with E-state index in [9.17, 15) is 9.59 Å². The zero-order valence-corrected chi connectivity index (χ0v) is 6.26. The number of hydrogen-bond donors (Lipinski definition) is 1. The summed E-state index contributed by atoms with van der Waals surface area (Å²) >= 11 is 0. The molecule has 0 rings (SSSR count). The average molecular weight is 144 g/mol. The third-order valence-corrected chi connectivity index (χ3v) is 0.984. The van der Waals surface area contributed by atoms with Gasteiger partial charge >= 0.3 is 5.97 Å². The van der Waals surface area contributed by atoms with Gasteiger partial charge in [0.05, 0.1) is 0 Å². The average Bonchev–Trinajstić information content (AvgIpc) is 1.58. The fourth-order valence-electron chi connectivity index (χ4n) is 0.696. The second-order valence-electron chi connectivity index (χ2n) is 2.71. The molecule has 0 aliphatic carbocycles. The molecule has 0 aliphatic heterocycles. The van der Waals surface area contributed by atoms with Gasteiger partial charge in [0.2, 0.25) is 0 Å². The van der Waals surface area contributed by atoms with Crippen LogP contribution in [0.15, 0.2) is 0 Å². The Labute approximate surface area is 60.0 Å². The molecule has 0 spiro atoms. The Morgan fingerprint density at radius 2 is 1.90 bits per heavy atom. The Morgan fingerprint density at radius 1 is 1.40 bits per heavy atom. The van der Waals surface area contributed by atoms with Crippen LogP contribution in [0.25, 0.3) is 0 Å². The molecule has 0 fully saturated rings.